The zero-order chi connectivity index (χ0) is 19.0. The fraction of sp³-hybridized carbons (Fsp3) is 0.286. The van der Waals surface area contributed by atoms with Gasteiger partial charge < -0.3 is 14.7 Å². The molecule has 0 fully saturated rings. The maximum Gasteiger partial charge on any atom is 0.132 e. The number of fused-ring (bicyclic) bond motifs is 3. The molecule has 0 bridgehead atoms. The molecule has 0 radical (unpaired) electrons. The van der Waals surface area contributed by atoms with Gasteiger partial charge in [-0.2, -0.15) is 0 Å². The van der Waals surface area contributed by atoms with Crippen molar-refractivity contribution in [2.75, 3.05) is 38.6 Å². The minimum Gasteiger partial charge on any atom is -0.353 e. The van der Waals surface area contributed by atoms with Crippen LogP contribution in [0.5, 0.6) is 0 Å². The van der Waals surface area contributed by atoms with E-state index in [1.807, 2.05) is 24.3 Å². The SMILES string of the molecule is CN(C)CCN1C=CN2c3ccc(Cl)cc3C(c3ccccc3F)=NCC12. The first-order valence-corrected chi connectivity index (χ1v) is 9.39. The number of hydrogen-bond acceptors (Lipinski definition) is 4. The summed E-state index contributed by atoms with van der Waals surface area (Å²) in [6.07, 6.45) is 4.26. The predicted octanol–water partition coefficient (Wildman–Crippen LogP) is 3.81. The van der Waals surface area contributed by atoms with Crippen molar-refractivity contribution in [3.8, 4) is 0 Å². The van der Waals surface area contributed by atoms with Gasteiger partial charge in [-0.15, -0.1) is 0 Å². The van der Waals surface area contributed by atoms with Crippen LogP contribution in [0.3, 0.4) is 0 Å². The number of halogens is 2. The van der Waals surface area contributed by atoms with E-state index in [9.17, 15) is 4.39 Å². The Kier molecular flexibility index (Phi) is 4.89. The fourth-order valence-electron chi connectivity index (χ4n) is 3.55. The number of nitrogens with zero attached hydrogens (tertiary/aromatic N) is 4. The summed E-state index contributed by atoms with van der Waals surface area (Å²) in [6.45, 7) is 2.40. The van der Waals surface area contributed by atoms with E-state index in [0.29, 0.717) is 22.8 Å². The zero-order valence-corrected chi connectivity index (χ0v) is 16.2. The Bertz CT molecular complexity index is 909. The number of likely N-dealkylation sites (N-methyl/N-ethyl adjacent to an activating group) is 1. The average Bonchev–Trinajstić information content (AvgIpc) is 2.97. The number of anilines is 1. The summed E-state index contributed by atoms with van der Waals surface area (Å²) in [6, 6.07) is 12.5. The van der Waals surface area contributed by atoms with Gasteiger partial charge in [0.05, 0.1) is 17.9 Å². The minimum absolute atomic E-state index is 0.0779. The molecule has 27 heavy (non-hydrogen) atoms. The maximum absolute atomic E-state index is 14.5. The smallest absolute Gasteiger partial charge is 0.132 e. The zero-order valence-electron chi connectivity index (χ0n) is 15.4. The molecule has 1 unspecified atom stereocenters. The molecule has 140 valence electrons. The van der Waals surface area contributed by atoms with Gasteiger partial charge in [-0.05, 0) is 44.4 Å². The molecule has 4 nitrogen and oxygen atoms in total. The van der Waals surface area contributed by atoms with Gasteiger partial charge in [-0.1, -0.05) is 23.7 Å². The average molecular weight is 385 g/mol. The van der Waals surface area contributed by atoms with E-state index in [0.717, 1.165) is 24.3 Å². The van der Waals surface area contributed by atoms with Crippen molar-refractivity contribution in [1.29, 1.82) is 0 Å². The van der Waals surface area contributed by atoms with Crippen LogP contribution in [0.4, 0.5) is 10.1 Å². The summed E-state index contributed by atoms with van der Waals surface area (Å²) in [7, 11) is 4.13. The topological polar surface area (TPSA) is 22.1 Å². The summed E-state index contributed by atoms with van der Waals surface area (Å²) in [5.74, 6) is -0.274. The molecule has 0 aromatic heterocycles. The third kappa shape index (κ3) is 3.45. The van der Waals surface area contributed by atoms with Crippen molar-refractivity contribution in [1.82, 2.24) is 9.80 Å². The van der Waals surface area contributed by atoms with Crippen LogP contribution in [-0.2, 0) is 0 Å². The van der Waals surface area contributed by atoms with Crippen molar-refractivity contribution in [3.63, 3.8) is 0 Å². The quantitative estimate of drug-likeness (QED) is 0.800. The van der Waals surface area contributed by atoms with Crippen LogP contribution in [0.1, 0.15) is 11.1 Å². The molecular weight excluding hydrogens is 363 g/mol. The molecule has 2 aromatic carbocycles. The van der Waals surface area contributed by atoms with Crippen LogP contribution in [0.15, 0.2) is 59.9 Å². The van der Waals surface area contributed by atoms with E-state index in [1.54, 1.807) is 12.1 Å². The van der Waals surface area contributed by atoms with Gasteiger partial charge in [0.1, 0.15) is 12.0 Å². The Labute approximate surface area is 164 Å². The number of hydrogen-bond donors (Lipinski definition) is 0. The molecule has 2 heterocycles. The first-order chi connectivity index (χ1) is 13.0. The van der Waals surface area contributed by atoms with Crippen molar-refractivity contribution >= 4 is 23.0 Å². The summed E-state index contributed by atoms with van der Waals surface area (Å²) >= 11 is 6.28. The van der Waals surface area contributed by atoms with Crippen LogP contribution in [0.25, 0.3) is 0 Å². The molecule has 0 N–H and O–H groups in total. The second-order valence-corrected chi connectivity index (χ2v) is 7.49. The Balaban J connectivity index is 1.77. The Morgan fingerprint density at radius 1 is 1.15 bits per heavy atom. The third-order valence-electron chi connectivity index (χ3n) is 4.96. The summed E-state index contributed by atoms with van der Waals surface area (Å²) in [4.78, 5) is 11.5. The second kappa shape index (κ2) is 7.33. The van der Waals surface area contributed by atoms with Gasteiger partial charge in [0.25, 0.3) is 0 Å². The Hall–Kier alpha value is -2.37. The van der Waals surface area contributed by atoms with Gasteiger partial charge in [-0.25, -0.2) is 4.39 Å². The molecule has 0 amide bonds. The molecule has 0 spiro atoms. The van der Waals surface area contributed by atoms with E-state index >= 15 is 0 Å². The second-order valence-electron chi connectivity index (χ2n) is 7.06. The highest BCUT2D eigenvalue weighted by molar-refractivity contribution is 6.31. The van der Waals surface area contributed by atoms with E-state index in [4.69, 9.17) is 16.6 Å². The number of rotatable bonds is 4. The molecule has 2 aliphatic heterocycles. The first kappa shape index (κ1) is 18.0. The van der Waals surface area contributed by atoms with Crippen LogP contribution < -0.4 is 4.90 Å². The molecule has 0 saturated carbocycles. The van der Waals surface area contributed by atoms with Crippen LogP contribution in [-0.4, -0.2) is 55.4 Å². The largest absolute Gasteiger partial charge is 0.353 e. The predicted molar refractivity (Wildman–Crippen MR) is 109 cm³/mol. The lowest BCUT2D eigenvalue weighted by Crippen LogP contribution is -2.43. The number of aliphatic imine (C=N–C) groups is 1. The van der Waals surface area contributed by atoms with Crippen molar-refractivity contribution in [3.05, 3.63) is 76.8 Å². The van der Waals surface area contributed by atoms with Crippen LogP contribution in [0, 0.1) is 5.82 Å². The highest BCUT2D eigenvalue weighted by Crippen LogP contribution is 2.34. The lowest BCUT2D eigenvalue weighted by Gasteiger charge is -2.31. The van der Waals surface area contributed by atoms with Crippen LogP contribution in [0.2, 0.25) is 5.02 Å². The van der Waals surface area contributed by atoms with Gasteiger partial charge >= 0.3 is 0 Å². The van der Waals surface area contributed by atoms with E-state index in [1.165, 1.54) is 6.07 Å². The molecule has 2 aromatic rings. The monoisotopic (exact) mass is 384 g/mol. The Morgan fingerprint density at radius 2 is 1.96 bits per heavy atom. The molecule has 4 rings (SSSR count). The van der Waals surface area contributed by atoms with Crippen molar-refractivity contribution < 1.29 is 4.39 Å². The molecular formula is C21H22ClFN4. The molecule has 0 saturated heterocycles. The molecule has 1 atom stereocenters. The van der Waals surface area contributed by atoms with Crippen molar-refractivity contribution in [2.24, 2.45) is 4.99 Å². The molecule has 2 aliphatic rings. The normalized spacial score (nSPS) is 18.4. The third-order valence-corrected chi connectivity index (χ3v) is 5.20. The van der Waals surface area contributed by atoms with Crippen molar-refractivity contribution in [2.45, 2.75) is 6.17 Å². The molecule has 0 aliphatic carbocycles. The fourth-order valence-corrected chi connectivity index (χ4v) is 3.73. The lowest BCUT2D eigenvalue weighted by molar-refractivity contribution is 0.266. The summed E-state index contributed by atoms with van der Waals surface area (Å²) in [5.41, 5.74) is 3.01. The van der Waals surface area contributed by atoms with Gasteiger partial charge in [0.2, 0.25) is 0 Å². The van der Waals surface area contributed by atoms with Gasteiger partial charge in [0, 0.05) is 41.6 Å². The standard InChI is InChI=1S/C21H22ClFN4/c1-25(2)9-10-26-11-12-27-19-8-7-15(22)13-17(19)21(24-14-20(26)27)16-5-3-4-6-18(16)23/h3-8,11-13,20H,9-10,14H2,1-2H3. The minimum atomic E-state index is -0.274. The highest BCUT2D eigenvalue weighted by Gasteiger charge is 2.32. The maximum atomic E-state index is 14.5. The van der Waals surface area contributed by atoms with E-state index < -0.39 is 0 Å². The Morgan fingerprint density at radius 3 is 2.74 bits per heavy atom. The summed E-state index contributed by atoms with van der Waals surface area (Å²) in [5, 5.41) is 0.615. The number of benzene rings is 2. The lowest BCUT2D eigenvalue weighted by atomic mass is 10.00. The highest BCUT2D eigenvalue weighted by atomic mass is 35.5. The van der Waals surface area contributed by atoms with Crippen LogP contribution >= 0.6 is 11.6 Å². The molecule has 6 heteroatoms. The van der Waals surface area contributed by atoms with Gasteiger partial charge in [-0.3, -0.25) is 4.99 Å². The summed E-state index contributed by atoms with van der Waals surface area (Å²) < 4.78 is 14.5. The van der Waals surface area contributed by atoms with Gasteiger partial charge in [0.15, 0.2) is 0 Å². The first-order valence-electron chi connectivity index (χ1n) is 9.01. The van der Waals surface area contributed by atoms with E-state index in [-0.39, 0.29) is 12.0 Å². The van der Waals surface area contributed by atoms with E-state index in [2.05, 4.69) is 41.2 Å².